The Morgan fingerprint density at radius 1 is 1.40 bits per heavy atom. The van der Waals surface area contributed by atoms with Gasteiger partial charge in [-0.15, -0.1) is 0 Å². The van der Waals surface area contributed by atoms with Crippen LogP contribution in [0.4, 0.5) is 4.39 Å². The molecule has 0 radical (unpaired) electrons. The van der Waals surface area contributed by atoms with Crippen LogP contribution >= 0.6 is 11.6 Å². The predicted octanol–water partition coefficient (Wildman–Crippen LogP) is 3.93. The van der Waals surface area contributed by atoms with Gasteiger partial charge in [0.2, 0.25) is 0 Å². The Bertz CT molecular complexity index is 308. The maximum Gasteiger partial charge on any atom is 0.146 e. The molecule has 0 aliphatic heterocycles. The van der Waals surface area contributed by atoms with Crippen molar-refractivity contribution in [2.75, 3.05) is 6.54 Å². The molecule has 0 aliphatic carbocycles. The number of benzene rings is 1. The van der Waals surface area contributed by atoms with Crippen molar-refractivity contribution in [3.63, 3.8) is 0 Å². The van der Waals surface area contributed by atoms with E-state index >= 15 is 0 Å². The minimum Gasteiger partial charge on any atom is -0.310 e. The zero-order valence-electron chi connectivity index (χ0n) is 9.19. The number of nitrogens with one attached hydrogen (secondary N) is 1. The molecule has 1 aromatic carbocycles. The van der Waals surface area contributed by atoms with Crippen molar-refractivity contribution in [2.24, 2.45) is 0 Å². The van der Waals surface area contributed by atoms with Crippen molar-refractivity contribution < 1.29 is 4.39 Å². The Morgan fingerprint density at radius 3 is 2.73 bits per heavy atom. The van der Waals surface area contributed by atoms with E-state index in [-0.39, 0.29) is 16.9 Å². The fraction of sp³-hybridized carbons (Fsp3) is 0.500. The fourth-order valence-electron chi connectivity index (χ4n) is 1.69. The monoisotopic (exact) mass is 229 g/mol. The molecular weight excluding hydrogens is 213 g/mol. The van der Waals surface area contributed by atoms with E-state index in [1.54, 1.807) is 18.2 Å². The highest BCUT2D eigenvalue weighted by Gasteiger charge is 2.15. The molecule has 1 N–H and O–H groups in total. The van der Waals surface area contributed by atoms with Crippen LogP contribution in [0.5, 0.6) is 0 Å². The van der Waals surface area contributed by atoms with Gasteiger partial charge in [-0.2, -0.15) is 0 Å². The zero-order valence-corrected chi connectivity index (χ0v) is 9.94. The first kappa shape index (κ1) is 12.5. The number of hydrogen-bond donors (Lipinski definition) is 1. The van der Waals surface area contributed by atoms with E-state index in [0.717, 1.165) is 19.4 Å². The summed E-state index contributed by atoms with van der Waals surface area (Å²) in [5.74, 6) is -0.293. The summed E-state index contributed by atoms with van der Waals surface area (Å²) in [7, 11) is 0. The summed E-state index contributed by atoms with van der Waals surface area (Å²) in [6.45, 7) is 4.94. The molecule has 0 aliphatic rings. The maximum atomic E-state index is 13.7. The average Bonchev–Trinajstić information content (AvgIpc) is 2.22. The lowest BCUT2D eigenvalue weighted by molar-refractivity contribution is 0.481. The van der Waals surface area contributed by atoms with Gasteiger partial charge >= 0.3 is 0 Å². The van der Waals surface area contributed by atoms with Gasteiger partial charge in [0.05, 0.1) is 5.02 Å². The van der Waals surface area contributed by atoms with Crippen LogP contribution in [0.1, 0.15) is 38.3 Å². The van der Waals surface area contributed by atoms with Gasteiger partial charge in [-0.05, 0) is 19.0 Å². The van der Waals surface area contributed by atoms with Gasteiger partial charge in [0.25, 0.3) is 0 Å². The first-order valence-corrected chi connectivity index (χ1v) is 5.75. The van der Waals surface area contributed by atoms with Gasteiger partial charge in [-0.3, -0.25) is 0 Å². The van der Waals surface area contributed by atoms with Crippen molar-refractivity contribution >= 4 is 11.6 Å². The van der Waals surface area contributed by atoms with Crippen molar-refractivity contribution in [1.82, 2.24) is 5.32 Å². The second kappa shape index (κ2) is 6.09. The standard InChI is InChI=1S/C12H17ClFN/c1-3-6-11(15-4-2)9-7-5-8-10(13)12(9)14/h5,7-8,11,15H,3-4,6H2,1-2H3. The molecule has 1 unspecified atom stereocenters. The summed E-state index contributed by atoms with van der Waals surface area (Å²) in [5.41, 5.74) is 0.672. The second-order valence-electron chi connectivity index (χ2n) is 3.54. The van der Waals surface area contributed by atoms with Crippen LogP contribution in [0.15, 0.2) is 18.2 Å². The summed E-state index contributed by atoms with van der Waals surface area (Å²) in [6, 6.07) is 5.24. The third kappa shape index (κ3) is 3.18. The molecule has 0 saturated carbocycles. The van der Waals surface area contributed by atoms with Crippen molar-refractivity contribution in [3.8, 4) is 0 Å². The Kier molecular flexibility index (Phi) is 5.06. The molecule has 1 nitrogen and oxygen atoms in total. The van der Waals surface area contributed by atoms with Crippen LogP contribution in [0.25, 0.3) is 0 Å². The minimum atomic E-state index is -0.293. The molecule has 15 heavy (non-hydrogen) atoms. The van der Waals surface area contributed by atoms with Crippen molar-refractivity contribution in [1.29, 1.82) is 0 Å². The fourth-order valence-corrected chi connectivity index (χ4v) is 1.87. The average molecular weight is 230 g/mol. The minimum absolute atomic E-state index is 0.0682. The number of halogens is 2. The van der Waals surface area contributed by atoms with Crippen LogP contribution < -0.4 is 5.32 Å². The zero-order chi connectivity index (χ0) is 11.3. The molecule has 3 heteroatoms. The van der Waals surface area contributed by atoms with Gasteiger partial charge in [0.15, 0.2) is 0 Å². The molecule has 0 amide bonds. The van der Waals surface area contributed by atoms with Crippen LogP contribution in [-0.4, -0.2) is 6.54 Å². The third-order valence-electron chi connectivity index (χ3n) is 2.38. The van der Waals surface area contributed by atoms with E-state index in [9.17, 15) is 4.39 Å². The summed E-state index contributed by atoms with van der Waals surface area (Å²) in [4.78, 5) is 0. The quantitative estimate of drug-likeness (QED) is 0.807. The van der Waals surface area contributed by atoms with E-state index in [1.165, 1.54) is 0 Å². The van der Waals surface area contributed by atoms with Crippen molar-refractivity contribution in [3.05, 3.63) is 34.6 Å². The predicted molar refractivity (Wildman–Crippen MR) is 62.7 cm³/mol. The molecule has 0 fully saturated rings. The molecule has 84 valence electrons. The molecule has 0 bridgehead atoms. The van der Waals surface area contributed by atoms with E-state index < -0.39 is 0 Å². The highest BCUT2D eigenvalue weighted by molar-refractivity contribution is 6.30. The van der Waals surface area contributed by atoms with Gasteiger partial charge in [-0.25, -0.2) is 4.39 Å². The topological polar surface area (TPSA) is 12.0 Å². The Morgan fingerprint density at radius 2 is 2.13 bits per heavy atom. The normalized spacial score (nSPS) is 12.8. The smallest absolute Gasteiger partial charge is 0.146 e. The lowest BCUT2D eigenvalue weighted by atomic mass is 10.0. The number of hydrogen-bond acceptors (Lipinski definition) is 1. The van der Waals surface area contributed by atoms with Gasteiger partial charge in [0.1, 0.15) is 5.82 Å². The second-order valence-corrected chi connectivity index (χ2v) is 3.95. The molecule has 0 aromatic heterocycles. The maximum absolute atomic E-state index is 13.7. The lowest BCUT2D eigenvalue weighted by Gasteiger charge is -2.18. The molecule has 0 saturated heterocycles. The molecule has 0 spiro atoms. The summed E-state index contributed by atoms with van der Waals surface area (Å²) < 4.78 is 13.7. The van der Waals surface area contributed by atoms with E-state index in [2.05, 4.69) is 12.2 Å². The first-order valence-electron chi connectivity index (χ1n) is 5.38. The van der Waals surface area contributed by atoms with Crippen molar-refractivity contribution in [2.45, 2.75) is 32.7 Å². The molecule has 1 rings (SSSR count). The Balaban J connectivity index is 2.94. The Hall–Kier alpha value is -0.600. The molecule has 1 atom stereocenters. The first-order chi connectivity index (χ1) is 7.20. The SMILES string of the molecule is CCCC(NCC)c1cccc(Cl)c1F. The summed E-state index contributed by atoms with van der Waals surface area (Å²) in [5, 5.41) is 3.47. The molecule has 0 heterocycles. The van der Waals surface area contributed by atoms with E-state index in [4.69, 9.17) is 11.6 Å². The highest BCUT2D eigenvalue weighted by atomic mass is 35.5. The molecular formula is C12H17ClFN. The lowest BCUT2D eigenvalue weighted by Crippen LogP contribution is -2.21. The third-order valence-corrected chi connectivity index (χ3v) is 2.68. The van der Waals surface area contributed by atoms with Gasteiger partial charge in [0, 0.05) is 11.6 Å². The van der Waals surface area contributed by atoms with Crippen LogP contribution in [0.3, 0.4) is 0 Å². The Labute approximate surface area is 95.6 Å². The highest BCUT2D eigenvalue weighted by Crippen LogP contribution is 2.25. The van der Waals surface area contributed by atoms with E-state index in [0.29, 0.717) is 5.56 Å². The largest absolute Gasteiger partial charge is 0.310 e. The summed E-state index contributed by atoms with van der Waals surface area (Å²) >= 11 is 5.76. The van der Waals surface area contributed by atoms with E-state index in [1.807, 2.05) is 6.92 Å². The number of rotatable bonds is 5. The van der Waals surface area contributed by atoms with Gasteiger partial charge in [-0.1, -0.05) is 44.0 Å². The van der Waals surface area contributed by atoms with Crippen LogP contribution in [0, 0.1) is 5.82 Å². The molecule has 1 aromatic rings. The van der Waals surface area contributed by atoms with Crippen LogP contribution in [0.2, 0.25) is 5.02 Å². The van der Waals surface area contributed by atoms with Gasteiger partial charge < -0.3 is 5.32 Å². The van der Waals surface area contributed by atoms with Crippen LogP contribution in [-0.2, 0) is 0 Å². The summed E-state index contributed by atoms with van der Waals surface area (Å²) in [6.07, 6.45) is 1.94.